The molecule has 11 atom stereocenters. The van der Waals surface area contributed by atoms with Gasteiger partial charge in [-0.15, -0.1) is 0 Å². The van der Waals surface area contributed by atoms with Crippen molar-refractivity contribution >= 4 is 24.0 Å². The van der Waals surface area contributed by atoms with E-state index >= 15 is 0 Å². The largest absolute Gasteiger partial charge is 0.462 e. The summed E-state index contributed by atoms with van der Waals surface area (Å²) in [5, 5.41) is 0. The van der Waals surface area contributed by atoms with Gasteiger partial charge in [-0.1, -0.05) is 32.1 Å². The van der Waals surface area contributed by atoms with Crippen molar-refractivity contribution in [2.45, 2.75) is 135 Å². The number of ether oxygens (including phenoxy) is 4. The van der Waals surface area contributed by atoms with Crippen LogP contribution in [-0.4, -0.2) is 55.7 Å². The number of ketones is 1. The van der Waals surface area contributed by atoms with E-state index < -0.39 is 23.0 Å². The van der Waals surface area contributed by atoms with Crippen LogP contribution in [-0.2, 0) is 38.1 Å². The van der Waals surface area contributed by atoms with Gasteiger partial charge < -0.3 is 23.7 Å². The smallest absolute Gasteiger partial charge is 0.312 e. The fourth-order valence-electron chi connectivity index (χ4n) is 11.0. The van der Waals surface area contributed by atoms with Crippen molar-refractivity contribution in [3.8, 4) is 0 Å². The van der Waals surface area contributed by atoms with E-state index in [0.29, 0.717) is 37.0 Å². The molecule has 7 aliphatic rings. The van der Waals surface area contributed by atoms with Gasteiger partial charge in [0, 0.05) is 24.2 Å². The molecule has 7 fully saturated rings. The van der Waals surface area contributed by atoms with Gasteiger partial charge in [-0.05, 0) is 101 Å². The van der Waals surface area contributed by atoms with Crippen molar-refractivity contribution in [2.24, 2.45) is 52.3 Å². The summed E-state index contributed by atoms with van der Waals surface area (Å²) in [6.45, 7) is 2.07. The van der Waals surface area contributed by atoms with E-state index in [0.717, 1.165) is 82.3 Å². The molecule has 44 heavy (non-hydrogen) atoms. The Morgan fingerprint density at radius 1 is 0.795 bits per heavy atom. The fourth-order valence-corrected chi connectivity index (χ4v) is 11.0. The third kappa shape index (κ3) is 6.15. The van der Waals surface area contributed by atoms with Gasteiger partial charge in [0.05, 0.1) is 10.8 Å². The Labute approximate surface area is 262 Å². The molecule has 6 aliphatic carbocycles. The molecule has 0 amide bonds. The molecular formula is C36H52O8. The molecule has 1 aliphatic heterocycles. The van der Waals surface area contributed by atoms with Crippen LogP contribution in [0.25, 0.3) is 0 Å². The lowest BCUT2D eigenvalue weighted by Gasteiger charge is -2.45. The quantitative estimate of drug-likeness (QED) is 0.244. The number of hydrogen-bond donors (Lipinski definition) is 0. The Bertz CT molecular complexity index is 1110. The summed E-state index contributed by atoms with van der Waals surface area (Å²) in [7, 11) is 0. The Morgan fingerprint density at radius 2 is 1.48 bits per heavy atom. The van der Waals surface area contributed by atoms with Crippen LogP contribution >= 0.6 is 0 Å². The Balaban J connectivity index is 1.02. The third-order valence-electron chi connectivity index (χ3n) is 13.0. The minimum Gasteiger partial charge on any atom is -0.462 e. The molecule has 7 rings (SSSR count). The summed E-state index contributed by atoms with van der Waals surface area (Å²) in [5.74, 6) is 2.24. The maximum atomic E-state index is 13.7. The van der Waals surface area contributed by atoms with Crippen LogP contribution in [0.5, 0.6) is 0 Å². The van der Waals surface area contributed by atoms with Crippen molar-refractivity contribution in [1.82, 2.24) is 0 Å². The lowest BCUT2D eigenvalue weighted by Crippen LogP contribution is -2.45. The van der Waals surface area contributed by atoms with E-state index in [2.05, 4.69) is 0 Å². The van der Waals surface area contributed by atoms with Crippen molar-refractivity contribution in [3.05, 3.63) is 0 Å². The first-order chi connectivity index (χ1) is 21.2. The van der Waals surface area contributed by atoms with Crippen molar-refractivity contribution in [3.63, 3.8) is 0 Å². The minimum absolute atomic E-state index is 0.0363. The molecule has 0 radical (unpaired) electrons. The summed E-state index contributed by atoms with van der Waals surface area (Å²) in [6.07, 6.45) is 15.8. The number of aldehydes is 1. The molecule has 8 nitrogen and oxygen atoms in total. The molecule has 244 valence electrons. The molecule has 0 N–H and O–H groups in total. The summed E-state index contributed by atoms with van der Waals surface area (Å²) >= 11 is 0. The molecule has 6 bridgehead atoms. The molecular weight excluding hydrogens is 560 g/mol. The first kappa shape index (κ1) is 30.8. The van der Waals surface area contributed by atoms with Gasteiger partial charge in [-0.3, -0.25) is 14.4 Å². The van der Waals surface area contributed by atoms with E-state index in [1.807, 2.05) is 6.92 Å². The zero-order valence-electron chi connectivity index (χ0n) is 26.6. The van der Waals surface area contributed by atoms with Gasteiger partial charge in [0.25, 0.3) is 0 Å². The van der Waals surface area contributed by atoms with E-state index in [9.17, 15) is 19.2 Å². The molecule has 0 aromatic carbocycles. The van der Waals surface area contributed by atoms with E-state index in [-0.39, 0.29) is 49.1 Å². The van der Waals surface area contributed by atoms with E-state index in [1.165, 1.54) is 25.7 Å². The highest BCUT2D eigenvalue weighted by Crippen LogP contribution is 2.52. The standard InChI is InChI=1S/C36H52O8/c1-35(15-25-7-8-29(38)28(14-25)18-35)33(39)41-20-30-31(44-32(43-30)27-12-22-4-2-5-23(10-22)13-27)21-42-34(40)36-9-3-6-24(16-36)11-26(17-36)19-37/h19,22-28,30-32H,2-18,20-21H2,1H3. The van der Waals surface area contributed by atoms with Crippen LogP contribution in [0.1, 0.15) is 116 Å². The van der Waals surface area contributed by atoms with Crippen LogP contribution in [0.2, 0.25) is 0 Å². The van der Waals surface area contributed by atoms with Crippen molar-refractivity contribution in [1.29, 1.82) is 0 Å². The highest BCUT2D eigenvalue weighted by molar-refractivity contribution is 5.84. The van der Waals surface area contributed by atoms with Gasteiger partial charge >= 0.3 is 11.9 Å². The van der Waals surface area contributed by atoms with Gasteiger partial charge in [-0.25, -0.2) is 0 Å². The second-order valence-corrected chi connectivity index (χ2v) is 16.4. The number of rotatable bonds is 8. The van der Waals surface area contributed by atoms with Crippen molar-refractivity contribution in [2.75, 3.05) is 13.2 Å². The van der Waals surface area contributed by atoms with Crippen LogP contribution in [0.15, 0.2) is 0 Å². The van der Waals surface area contributed by atoms with Gasteiger partial charge in [-0.2, -0.15) is 0 Å². The van der Waals surface area contributed by atoms with Gasteiger partial charge in [0.1, 0.15) is 37.5 Å². The predicted octanol–water partition coefficient (Wildman–Crippen LogP) is 5.97. The predicted molar refractivity (Wildman–Crippen MR) is 160 cm³/mol. The molecule has 6 saturated carbocycles. The monoisotopic (exact) mass is 612 g/mol. The molecule has 0 aromatic rings. The molecule has 0 spiro atoms. The third-order valence-corrected chi connectivity index (χ3v) is 13.0. The maximum Gasteiger partial charge on any atom is 0.312 e. The zero-order chi connectivity index (χ0) is 30.5. The normalized spacial score (nSPS) is 46.6. The second kappa shape index (κ2) is 12.4. The highest BCUT2D eigenvalue weighted by atomic mass is 16.7. The number of Topliss-reactive ketones (excluding diaryl/α,β-unsaturated/α-hetero) is 1. The summed E-state index contributed by atoms with van der Waals surface area (Å²) in [5.41, 5.74) is -1.25. The summed E-state index contributed by atoms with van der Waals surface area (Å²) < 4.78 is 25.1. The van der Waals surface area contributed by atoms with Crippen LogP contribution in [0.3, 0.4) is 0 Å². The molecule has 8 heteroatoms. The SMILES string of the molecule is CC1(C(=O)OCC2OC(C3CC4CCCC(C4)C3)OC2COC(=O)C23CCCC(CC(C=O)C2)C3)CC2CCC(=O)C(C2)C1. The average molecular weight is 613 g/mol. The minimum atomic E-state index is -0.669. The first-order valence-corrected chi connectivity index (χ1v) is 17.9. The van der Waals surface area contributed by atoms with E-state index in [4.69, 9.17) is 18.9 Å². The lowest BCUT2D eigenvalue weighted by molar-refractivity contribution is -0.170. The topological polar surface area (TPSA) is 105 Å². The molecule has 1 saturated heterocycles. The number of fused-ring (bicyclic) bond motifs is 6. The highest BCUT2D eigenvalue weighted by Gasteiger charge is 2.51. The van der Waals surface area contributed by atoms with Crippen LogP contribution in [0.4, 0.5) is 0 Å². The number of esters is 2. The Kier molecular flexibility index (Phi) is 8.71. The lowest BCUT2D eigenvalue weighted by atomic mass is 9.59. The number of hydrogen-bond acceptors (Lipinski definition) is 8. The Hall–Kier alpha value is -1.80. The summed E-state index contributed by atoms with van der Waals surface area (Å²) in [6, 6.07) is 0. The van der Waals surface area contributed by atoms with Gasteiger partial charge in [0.15, 0.2) is 6.29 Å². The number of carbonyl (C=O) groups is 4. The fraction of sp³-hybridized carbons (Fsp3) is 0.889. The van der Waals surface area contributed by atoms with Crippen LogP contribution < -0.4 is 0 Å². The Morgan fingerprint density at radius 3 is 2.20 bits per heavy atom. The molecule has 11 unspecified atom stereocenters. The van der Waals surface area contributed by atoms with Gasteiger partial charge in [0.2, 0.25) is 0 Å². The maximum absolute atomic E-state index is 13.7. The molecule has 0 aromatic heterocycles. The zero-order valence-corrected chi connectivity index (χ0v) is 26.6. The van der Waals surface area contributed by atoms with E-state index in [1.54, 1.807) is 0 Å². The van der Waals surface area contributed by atoms with Crippen molar-refractivity contribution < 1.29 is 38.1 Å². The van der Waals surface area contributed by atoms with Crippen LogP contribution in [0, 0.1) is 52.3 Å². The average Bonchev–Trinajstić information content (AvgIpc) is 3.43. The number of carbonyl (C=O) groups excluding carboxylic acids is 4. The molecule has 1 heterocycles. The second-order valence-electron chi connectivity index (χ2n) is 16.4. The summed E-state index contributed by atoms with van der Waals surface area (Å²) in [4.78, 5) is 51.4. The first-order valence-electron chi connectivity index (χ1n) is 17.9.